The van der Waals surface area contributed by atoms with Gasteiger partial charge in [0.2, 0.25) is 0 Å². The van der Waals surface area contributed by atoms with Gasteiger partial charge in [-0.3, -0.25) is 4.99 Å². The summed E-state index contributed by atoms with van der Waals surface area (Å²) in [6.45, 7) is 7.13. The Labute approximate surface area is 79.7 Å². The van der Waals surface area contributed by atoms with Crippen LogP contribution >= 0.6 is 0 Å². The first-order valence-corrected chi connectivity index (χ1v) is 5.08. The monoisotopic (exact) mass is 179 g/mol. The van der Waals surface area contributed by atoms with E-state index in [9.17, 15) is 0 Å². The first-order valence-electron chi connectivity index (χ1n) is 5.08. The Morgan fingerprint density at radius 2 is 1.92 bits per heavy atom. The van der Waals surface area contributed by atoms with Gasteiger partial charge in [-0.1, -0.05) is 0 Å². The van der Waals surface area contributed by atoms with Gasteiger partial charge in [0.1, 0.15) is 0 Å². The third-order valence-corrected chi connectivity index (χ3v) is 3.03. The van der Waals surface area contributed by atoms with Gasteiger partial charge in [-0.05, 0) is 43.8 Å². The van der Waals surface area contributed by atoms with Gasteiger partial charge in [-0.2, -0.15) is 0 Å². The highest BCUT2D eigenvalue weighted by Crippen LogP contribution is 2.29. The van der Waals surface area contributed by atoms with Crippen LogP contribution in [0.4, 0.5) is 0 Å². The molecule has 2 aliphatic heterocycles. The Balaban J connectivity index is 2.14. The summed E-state index contributed by atoms with van der Waals surface area (Å²) in [6.07, 6.45) is 2.36. The lowest BCUT2D eigenvalue weighted by Gasteiger charge is -2.24. The third-order valence-electron chi connectivity index (χ3n) is 3.03. The first kappa shape index (κ1) is 8.95. The number of aliphatic imine (C=N–C) groups is 1. The van der Waals surface area contributed by atoms with E-state index < -0.39 is 0 Å². The summed E-state index contributed by atoms with van der Waals surface area (Å²) in [5, 5.41) is 0. The van der Waals surface area contributed by atoms with Crippen LogP contribution in [0, 0.1) is 5.92 Å². The molecule has 0 N–H and O–H groups in total. The summed E-state index contributed by atoms with van der Waals surface area (Å²) < 4.78 is 5.37. The van der Waals surface area contributed by atoms with E-state index in [1.54, 1.807) is 0 Å². The molecule has 72 valence electrons. The summed E-state index contributed by atoms with van der Waals surface area (Å²) >= 11 is 0. The van der Waals surface area contributed by atoms with Crippen LogP contribution < -0.4 is 0 Å². The summed E-state index contributed by atoms with van der Waals surface area (Å²) in [6, 6.07) is 0. The Kier molecular flexibility index (Phi) is 2.49. The molecular formula is C11H17NO. The lowest BCUT2D eigenvalue weighted by Crippen LogP contribution is -2.20. The van der Waals surface area contributed by atoms with Crippen LogP contribution in [0.3, 0.4) is 0 Å². The average molecular weight is 179 g/mol. The number of nitrogens with zero attached hydrogens (tertiary/aromatic N) is 1. The maximum absolute atomic E-state index is 5.37. The van der Waals surface area contributed by atoms with Crippen LogP contribution in [0.2, 0.25) is 0 Å². The normalized spacial score (nSPS) is 25.2. The Morgan fingerprint density at radius 3 is 2.46 bits per heavy atom. The Hall–Kier alpha value is -0.630. The molecule has 0 bridgehead atoms. The van der Waals surface area contributed by atoms with Gasteiger partial charge in [0.05, 0.1) is 6.54 Å². The van der Waals surface area contributed by atoms with Gasteiger partial charge in [-0.15, -0.1) is 0 Å². The quantitative estimate of drug-likeness (QED) is 0.604. The van der Waals surface area contributed by atoms with E-state index >= 15 is 0 Å². The molecule has 0 unspecified atom stereocenters. The van der Waals surface area contributed by atoms with E-state index in [0.29, 0.717) is 0 Å². The van der Waals surface area contributed by atoms with Gasteiger partial charge >= 0.3 is 0 Å². The van der Waals surface area contributed by atoms with Crippen molar-refractivity contribution in [3.63, 3.8) is 0 Å². The largest absolute Gasteiger partial charge is 0.381 e. The first-order chi connectivity index (χ1) is 6.29. The SMILES string of the molecule is CC1=NCC(C)=C1C1CCOCC1. The van der Waals surface area contributed by atoms with E-state index in [1.807, 2.05) is 0 Å². The zero-order valence-corrected chi connectivity index (χ0v) is 8.47. The second-order valence-corrected chi connectivity index (χ2v) is 3.98. The minimum Gasteiger partial charge on any atom is -0.381 e. The minimum atomic E-state index is 0.722. The summed E-state index contributed by atoms with van der Waals surface area (Å²) in [5.74, 6) is 0.722. The van der Waals surface area contributed by atoms with Crippen molar-refractivity contribution in [1.29, 1.82) is 0 Å². The van der Waals surface area contributed by atoms with E-state index in [1.165, 1.54) is 29.7 Å². The number of hydrogen-bond acceptors (Lipinski definition) is 2. The second-order valence-electron chi connectivity index (χ2n) is 3.98. The van der Waals surface area contributed by atoms with E-state index in [-0.39, 0.29) is 0 Å². The molecule has 0 spiro atoms. The summed E-state index contributed by atoms with van der Waals surface area (Å²) in [5.41, 5.74) is 4.28. The zero-order valence-electron chi connectivity index (χ0n) is 8.47. The van der Waals surface area contributed by atoms with Crippen molar-refractivity contribution >= 4 is 5.71 Å². The maximum atomic E-state index is 5.37. The summed E-state index contributed by atoms with van der Waals surface area (Å²) in [7, 11) is 0. The molecular weight excluding hydrogens is 162 g/mol. The molecule has 0 atom stereocenters. The molecule has 2 heteroatoms. The molecule has 0 aromatic rings. The fourth-order valence-electron chi connectivity index (χ4n) is 2.35. The maximum Gasteiger partial charge on any atom is 0.0606 e. The fourth-order valence-corrected chi connectivity index (χ4v) is 2.35. The highest BCUT2D eigenvalue weighted by atomic mass is 16.5. The molecule has 0 aliphatic carbocycles. The fraction of sp³-hybridized carbons (Fsp3) is 0.727. The van der Waals surface area contributed by atoms with Crippen LogP contribution in [0.1, 0.15) is 26.7 Å². The predicted octanol–water partition coefficient (Wildman–Crippen LogP) is 2.20. The zero-order chi connectivity index (χ0) is 9.26. The van der Waals surface area contributed by atoms with E-state index in [0.717, 1.165) is 25.7 Å². The molecule has 0 radical (unpaired) electrons. The lowest BCUT2D eigenvalue weighted by molar-refractivity contribution is 0.0770. The van der Waals surface area contributed by atoms with Crippen LogP contribution in [0.15, 0.2) is 16.1 Å². The standard InChI is InChI=1S/C11H17NO/c1-8-7-12-9(2)11(8)10-3-5-13-6-4-10/h10H,3-7H2,1-2H3. The van der Waals surface area contributed by atoms with Gasteiger partial charge in [0, 0.05) is 18.9 Å². The highest BCUT2D eigenvalue weighted by Gasteiger charge is 2.24. The second kappa shape index (κ2) is 3.62. The Bertz CT molecular complexity index is 259. The molecule has 0 amide bonds. The van der Waals surface area contributed by atoms with Gasteiger partial charge in [0.25, 0.3) is 0 Å². The van der Waals surface area contributed by atoms with Crippen molar-refractivity contribution in [1.82, 2.24) is 0 Å². The Morgan fingerprint density at radius 1 is 1.23 bits per heavy atom. The molecule has 2 nitrogen and oxygen atoms in total. The van der Waals surface area contributed by atoms with E-state index in [4.69, 9.17) is 4.74 Å². The van der Waals surface area contributed by atoms with Crippen LogP contribution in [0.25, 0.3) is 0 Å². The van der Waals surface area contributed by atoms with Crippen LogP contribution in [-0.4, -0.2) is 25.5 Å². The smallest absolute Gasteiger partial charge is 0.0606 e. The lowest BCUT2D eigenvalue weighted by atomic mass is 9.87. The van der Waals surface area contributed by atoms with Crippen molar-refractivity contribution < 1.29 is 4.74 Å². The number of ether oxygens (including phenoxy) is 1. The van der Waals surface area contributed by atoms with Gasteiger partial charge in [-0.25, -0.2) is 0 Å². The van der Waals surface area contributed by atoms with Gasteiger partial charge in [0.15, 0.2) is 0 Å². The number of allylic oxidation sites excluding steroid dienone is 1. The molecule has 0 aromatic carbocycles. The van der Waals surface area contributed by atoms with Crippen molar-refractivity contribution in [2.45, 2.75) is 26.7 Å². The van der Waals surface area contributed by atoms with Crippen LogP contribution in [0.5, 0.6) is 0 Å². The van der Waals surface area contributed by atoms with Crippen molar-refractivity contribution in [2.24, 2.45) is 10.9 Å². The molecule has 0 saturated carbocycles. The third kappa shape index (κ3) is 1.68. The molecule has 2 rings (SSSR count). The van der Waals surface area contributed by atoms with E-state index in [2.05, 4.69) is 18.8 Å². The molecule has 2 aliphatic rings. The topological polar surface area (TPSA) is 21.6 Å². The predicted molar refractivity (Wildman–Crippen MR) is 54.2 cm³/mol. The summed E-state index contributed by atoms with van der Waals surface area (Å²) in [4.78, 5) is 4.48. The molecule has 1 saturated heterocycles. The number of rotatable bonds is 1. The minimum absolute atomic E-state index is 0.722. The molecule has 0 aromatic heterocycles. The molecule has 13 heavy (non-hydrogen) atoms. The van der Waals surface area contributed by atoms with Crippen molar-refractivity contribution in [3.05, 3.63) is 11.1 Å². The molecule has 2 heterocycles. The number of hydrogen-bond donors (Lipinski definition) is 0. The van der Waals surface area contributed by atoms with Crippen LogP contribution in [-0.2, 0) is 4.74 Å². The van der Waals surface area contributed by atoms with Crippen molar-refractivity contribution in [3.8, 4) is 0 Å². The van der Waals surface area contributed by atoms with Gasteiger partial charge < -0.3 is 4.74 Å². The highest BCUT2D eigenvalue weighted by molar-refractivity contribution is 6.01. The average Bonchev–Trinajstić information content (AvgIpc) is 2.48. The van der Waals surface area contributed by atoms with Crippen molar-refractivity contribution in [2.75, 3.05) is 19.8 Å². The molecule has 1 fully saturated rings.